The summed E-state index contributed by atoms with van der Waals surface area (Å²) in [4.78, 5) is 31.4. The molecule has 0 aliphatic carbocycles. The van der Waals surface area contributed by atoms with Gasteiger partial charge in [-0.25, -0.2) is 4.99 Å². The number of hydrogen-bond donors (Lipinski definition) is 4. The summed E-state index contributed by atoms with van der Waals surface area (Å²) >= 11 is 0. The zero-order valence-electron chi connectivity index (χ0n) is 15.0. The fourth-order valence-electron chi connectivity index (χ4n) is 3.13. The molecule has 9 nitrogen and oxygen atoms in total. The van der Waals surface area contributed by atoms with Gasteiger partial charge in [0.25, 0.3) is 0 Å². The third kappa shape index (κ3) is 5.43. The number of aliphatic imine (C=N–C) groups is 1. The van der Waals surface area contributed by atoms with Crippen molar-refractivity contribution in [1.29, 1.82) is 0 Å². The number of carbonyl (C=O) groups is 2. The molecule has 1 aliphatic rings. The second-order valence-corrected chi connectivity index (χ2v) is 6.60. The minimum absolute atomic E-state index is 0.00547. The molecule has 9 heteroatoms. The van der Waals surface area contributed by atoms with Gasteiger partial charge in [-0.2, -0.15) is 0 Å². The number of carbonyl (C=O) groups excluding carboxylic acids is 2. The molecule has 26 heavy (non-hydrogen) atoms. The van der Waals surface area contributed by atoms with Gasteiger partial charge in [0, 0.05) is 25.7 Å². The fourth-order valence-corrected chi connectivity index (χ4v) is 3.13. The molecule has 0 saturated carbocycles. The van der Waals surface area contributed by atoms with E-state index in [0.29, 0.717) is 31.7 Å². The Morgan fingerprint density at radius 3 is 2.38 bits per heavy atom. The first-order chi connectivity index (χ1) is 12.3. The van der Waals surface area contributed by atoms with Gasteiger partial charge in [0.05, 0.1) is 18.3 Å². The molecule has 2 rings (SSSR count). The lowest BCUT2D eigenvalue weighted by atomic mass is 10.0. The van der Waals surface area contributed by atoms with Gasteiger partial charge in [0.15, 0.2) is 5.96 Å². The lowest BCUT2D eigenvalue weighted by molar-refractivity contribution is -0.137. The van der Waals surface area contributed by atoms with E-state index < -0.39 is 6.04 Å². The molecule has 2 atom stereocenters. The fraction of sp³-hybridized carbons (Fsp3) is 0.471. The van der Waals surface area contributed by atoms with Crippen LogP contribution in [0.5, 0.6) is 0 Å². The van der Waals surface area contributed by atoms with Crippen LogP contribution in [0.4, 0.5) is 5.69 Å². The van der Waals surface area contributed by atoms with E-state index in [4.69, 9.17) is 22.9 Å². The molecule has 1 heterocycles. The number of piperazine rings is 1. The summed E-state index contributed by atoms with van der Waals surface area (Å²) in [7, 11) is 0. The molecular formula is C17H27N7O2. The van der Waals surface area contributed by atoms with Crippen molar-refractivity contribution in [2.45, 2.75) is 25.4 Å². The topological polar surface area (TPSA) is 157 Å². The smallest absolute Gasteiger partial charge is 0.240 e. The summed E-state index contributed by atoms with van der Waals surface area (Å²) < 4.78 is 0. The molecule has 1 unspecified atom stereocenters. The van der Waals surface area contributed by atoms with Crippen LogP contribution in [-0.4, -0.2) is 65.8 Å². The summed E-state index contributed by atoms with van der Waals surface area (Å²) in [5, 5.41) is 0. The van der Waals surface area contributed by atoms with Crippen molar-refractivity contribution < 1.29 is 9.59 Å². The Balaban J connectivity index is 1.93. The van der Waals surface area contributed by atoms with E-state index in [1.165, 1.54) is 0 Å². The van der Waals surface area contributed by atoms with Crippen molar-refractivity contribution >= 4 is 23.5 Å². The average Bonchev–Trinajstić information content (AvgIpc) is 2.55. The molecule has 1 aromatic rings. The molecule has 2 amide bonds. The molecule has 8 N–H and O–H groups in total. The Kier molecular flexibility index (Phi) is 6.53. The Bertz CT molecular complexity index is 670. The van der Waals surface area contributed by atoms with E-state index in [2.05, 4.69) is 4.99 Å². The second-order valence-electron chi connectivity index (χ2n) is 6.60. The van der Waals surface area contributed by atoms with Gasteiger partial charge in [-0.3, -0.25) is 14.5 Å². The Labute approximate surface area is 153 Å². The standard InChI is InChI=1S/C17H27N7O2/c1-11-9-23(10-15(19)25)6-7-24(11)16(26)14(18)8-12-2-4-13(5-3-12)22-17(20)21/h2-5,11,14H,6-10,18H2,1H3,(H2,19,25)(H4,20,21,22)/t11?,14-/m0/s1. The lowest BCUT2D eigenvalue weighted by Gasteiger charge is -2.40. The number of amides is 2. The maximum atomic E-state index is 12.7. The highest BCUT2D eigenvalue weighted by Gasteiger charge is 2.30. The maximum Gasteiger partial charge on any atom is 0.240 e. The van der Waals surface area contributed by atoms with Gasteiger partial charge in [0.1, 0.15) is 0 Å². The van der Waals surface area contributed by atoms with Crippen molar-refractivity contribution in [2.24, 2.45) is 27.9 Å². The number of guanidine groups is 1. The summed E-state index contributed by atoms with van der Waals surface area (Å²) in [6.45, 7) is 3.90. The monoisotopic (exact) mass is 361 g/mol. The molecule has 1 aromatic carbocycles. The third-order valence-electron chi connectivity index (χ3n) is 4.34. The molecule has 1 fully saturated rings. The van der Waals surface area contributed by atoms with Crippen LogP contribution in [0.25, 0.3) is 0 Å². The largest absolute Gasteiger partial charge is 0.370 e. The Morgan fingerprint density at radius 1 is 1.19 bits per heavy atom. The summed E-state index contributed by atoms with van der Waals surface area (Å²) in [6.07, 6.45) is 0.426. The van der Waals surface area contributed by atoms with E-state index in [9.17, 15) is 9.59 Å². The van der Waals surface area contributed by atoms with Crippen LogP contribution in [-0.2, 0) is 16.0 Å². The molecular weight excluding hydrogens is 334 g/mol. The first kappa shape index (κ1) is 19.7. The van der Waals surface area contributed by atoms with E-state index in [0.717, 1.165) is 5.56 Å². The van der Waals surface area contributed by atoms with Crippen LogP contribution >= 0.6 is 0 Å². The van der Waals surface area contributed by atoms with E-state index in [1.54, 1.807) is 17.0 Å². The Hall–Kier alpha value is -2.65. The number of benzene rings is 1. The van der Waals surface area contributed by atoms with Crippen molar-refractivity contribution in [3.63, 3.8) is 0 Å². The number of primary amides is 1. The van der Waals surface area contributed by atoms with Gasteiger partial charge >= 0.3 is 0 Å². The van der Waals surface area contributed by atoms with Crippen LogP contribution in [0.15, 0.2) is 29.3 Å². The van der Waals surface area contributed by atoms with Crippen LogP contribution in [0.3, 0.4) is 0 Å². The highest BCUT2D eigenvalue weighted by Crippen LogP contribution is 2.15. The zero-order valence-corrected chi connectivity index (χ0v) is 15.0. The van der Waals surface area contributed by atoms with Gasteiger partial charge in [0.2, 0.25) is 11.8 Å². The summed E-state index contributed by atoms with van der Waals surface area (Å²) in [6, 6.07) is 6.60. The van der Waals surface area contributed by atoms with Crippen molar-refractivity contribution in [2.75, 3.05) is 26.2 Å². The van der Waals surface area contributed by atoms with Gasteiger partial charge in [-0.05, 0) is 31.0 Å². The highest BCUT2D eigenvalue weighted by molar-refractivity contribution is 5.82. The highest BCUT2D eigenvalue weighted by atomic mass is 16.2. The first-order valence-electron chi connectivity index (χ1n) is 8.51. The number of hydrogen-bond acceptors (Lipinski definition) is 5. The van der Waals surface area contributed by atoms with E-state index >= 15 is 0 Å². The van der Waals surface area contributed by atoms with Gasteiger partial charge < -0.3 is 27.8 Å². The zero-order chi connectivity index (χ0) is 19.3. The SMILES string of the molecule is CC1CN(CC(N)=O)CCN1C(=O)[C@@H](N)Cc1ccc(N=C(N)N)cc1. The molecule has 0 aromatic heterocycles. The molecule has 1 saturated heterocycles. The minimum Gasteiger partial charge on any atom is -0.370 e. The summed E-state index contributed by atoms with van der Waals surface area (Å²) in [5.41, 5.74) is 23.6. The number of rotatable bonds is 6. The quantitative estimate of drug-likeness (QED) is 0.356. The van der Waals surface area contributed by atoms with E-state index in [1.807, 2.05) is 24.0 Å². The van der Waals surface area contributed by atoms with Crippen LogP contribution in [0, 0.1) is 0 Å². The maximum absolute atomic E-state index is 12.7. The molecule has 1 aliphatic heterocycles. The average molecular weight is 361 g/mol. The number of nitrogens with two attached hydrogens (primary N) is 4. The van der Waals surface area contributed by atoms with Gasteiger partial charge in [-0.15, -0.1) is 0 Å². The van der Waals surface area contributed by atoms with Crippen LogP contribution in [0.1, 0.15) is 12.5 Å². The predicted molar refractivity (Wildman–Crippen MR) is 100 cm³/mol. The van der Waals surface area contributed by atoms with Crippen LogP contribution in [0.2, 0.25) is 0 Å². The first-order valence-corrected chi connectivity index (χ1v) is 8.51. The molecule has 0 bridgehead atoms. The molecule has 0 spiro atoms. The third-order valence-corrected chi connectivity index (χ3v) is 4.34. The lowest BCUT2D eigenvalue weighted by Crippen LogP contribution is -2.58. The van der Waals surface area contributed by atoms with Crippen molar-refractivity contribution in [1.82, 2.24) is 9.80 Å². The van der Waals surface area contributed by atoms with Crippen LogP contribution < -0.4 is 22.9 Å². The number of nitrogens with zero attached hydrogens (tertiary/aromatic N) is 3. The summed E-state index contributed by atoms with van der Waals surface area (Å²) in [5.74, 6) is -0.462. The normalized spacial score (nSPS) is 19.0. The van der Waals surface area contributed by atoms with Crippen molar-refractivity contribution in [3.05, 3.63) is 29.8 Å². The molecule has 0 radical (unpaired) electrons. The Morgan fingerprint density at radius 2 is 1.85 bits per heavy atom. The van der Waals surface area contributed by atoms with Gasteiger partial charge in [-0.1, -0.05) is 12.1 Å². The second kappa shape index (κ2) is 8.63. The van der Waals surface area contributed by atoms with Crippen molar-refractivity contribution in [3.8, 4) is 0 Å². The molecule has 142 valence electrons. The van der Waals surface area contributed by atoms with E-state index in [-0.39, 0.29) is 30.4 Å². The predicted octanol–water partition coefficient (Wildman–Crippen LogP) is -1.52. The minimum atomic E-state index is -0.630.